The Hall–Kier alpha value is -0.0500. The fraction of sp³-hybridized carbons (Fsp3) is 0.364. The maximum atomic E-state index is 11.9. The quantitative estimate of drug-likeness (QED) is 0.589. The lowest BCUT2D eigenvalue weighted by atomic mass is 10.0. The summed E-state index contributed by atoms with van der Waals surface area (Å²) in [5.41, 5.74) is 0.583. The molecule has 0 fully saturated rings. The Kier molecular flexibility index (Phi) is 4.63. The topological polar surface area (TPSA) is 17.1 Å². The second-order valence-electron chi connectivity index (χ2n) is 3.64. The zero-order valence-electron chi connectivity index (χ0n) is 8.43. The number of hydrogen-bond acceptors (Lipinski definition) is 1. The summed E-state index contributed by atoms with van der Waals surface area (Å²) in [4.78, 5) is 11.7. The van der Waals surface area contributed by atoms with E-state index in [-0.39, 0.29) is 16.5 Å². The van der Waals surface area contributed by atoms with Gasteiger partial charge in [0.25, 0.3) is 0 Å². The van der Waals surface area contributed by atoms with Crippen LogP contribution in [-0.4, -0.2) is 10.6 Å². The second-order valence-corrected chi connectivity index (χ2v) is 5.44. The smallest absolute Gasteiger partial charge is 0.176 e. The fourth-order valence-electron chi connectivity index (χ4n) is 1.11. The molecule has 0 unspecified atom stereocenters. The average molecular weight is 310 g/mol. The Morgan fingerprint density at radius 1 is 1.27 bits per heavy atom. The van der Waals surface area contributed by atoms with Crippen LogP contribution in [0.3, 0.4) is 0 Å². The van der Waals surface area contributed by atoms with Crippen LogP contribution in [0, 0.1) is 5.92 Å². The van der Waals surface area contributed by atoms with Crippen molar-refractivity contribution in [1.29, 1.82) is 0 Å². The number of carbonyl (C=O) groups is 1. The van der Waals surface area contributed by atoms with Gasteiger partial charge in [0, 0.05) is 5.56 Å². The Bertz CT molecular complexity index is 377. The summed E-state index contributed by atoms with van der Waals surface area (Å²) in [6.45, 7) is 3.96. The van der Waals surface area contributed by atoms with Crippen LogP contribution in [0.15, 0.2) is 18.2 Å². The summed E-state index contributed by atoms with van der Waals surface area (Å²) in [5, 5.41) is 0.870. The predicted molar refractivity (Wildman–Crippen MR) is 68.3 cm³/mol. The van der Waals surface area contributed by atoms with Gasteiger partial charge in [0.15, 0.2) is 5.78 Å². The summed E-state index contributed by atoms with van der Waals surface area (Å²) < 4.78 is 0. The highest BCUT2D eigenvalue weighted by Crippen LogP contribution is 2.25. The highest BCUT2D eigenvalue weighted by Gasteiger charge is 2.20. The molecule has 82 valence electrons. The summed E-state index contributed by atoms with van der Waals surface area (Å²) in [6.07, 6.45) is 0. The maximum Gasteiger partial charge on any atom is 0.176 e. The lowest BCUT2D eigenvalue weighted by Gasteiger charge is -2.12. The Labute approximate surface area is 108 Å². The third kappa shape index (κ3) is 3.20. The molecular weight excluding hydrogens is 299 g/mol. The highest BCUT2D eigenvalue weighted by molar-refractivity contribution is 9.10. The first-order valence-electron chi connectivity index (χ1n) is 4.57. The zero-order chi connectivity index (χ0) is 11.6. The fourth-order valence-corrected chi connectivity index (χ4v) is 1.67. The predicted octanol–water partition coefficient (Wildman–Crippen LogP) is 4.60. The number of benzene rings is 1. The molecule has 0 aliphatic rings. The van der Waals surface area contributed by atoms with E-state index in [1.807, 2.05) is 13.8 Å². The molecule has 0 aromatic heterocycles. The van der Waals surface area contributed by atoms with E-state index < -0.39 is 0 Å². The number of Topliss-reactive ketones (excluding diaryl/α,β-unsaturated/α-hetero) is 1. The number of rotatable bonds is 3. The number of alkyl halides is 1. The molecule has 0 N–H and O–H groups in total. The molecule has 0 aliphatic carbocycles. The van der Waals surface area contributed by atoms with E-state index in [0.717, 1.165) is 0 Å². The largest absolute Gasteiger partial charge is 0.293 e. The van der Waals surface area contributed by atoms with Crippen molar-refractivity contribution in [3.63, 3.8) is 0 Å². The van der Waals surface area contributed by atoms with Crippen LogP contribution in [-0.2, 0) is 0 Å². The molecule has 0 spiro atoms. The molecule has 1 aromatic rings. The second kappa shape index (κ2) is 5.33. The van der Waals surface area contributed by atoms with Crippen LogP contribution < -0.4 is 0 Å². The summed E-state index contributed by atoms with van der Waals surface area (Å²) in [7, 11) is 0. The van der Waals surface area contributed by atoms with Gasteiger partial charge in [-0.05, 0) is 24.1 Å². The van der Waals surface area contributed by atoms with Gasteiger partial charge in [0.1, 0.15) is 0 Å². The van der Waals surface area contributed by atoms with E-state index in [2.05, 4.69) is 15.9 Å². The molecule has 1 aromatic carbocycles. The molecule has 4 heteroatoms. The SMILES string of the molecule is CC(C)[C@H](Br)C(=O)c1ccc(Cl)c(Cl)c1. The first-order valence-corrected chi connectivity index (χ1v) is 6.24. The van der Waals surface area contributed by atoms with Crippen molar-refractivity contribution < 1.29 is 4.79 Å². The van der Waals surface area contributed by atoms with E-state index in [1.165, 1.54) is 0 Å². The molecule has 1 nitrogen and oxygen atoms in total. The number of halogens is 3. The minimum atomic E-state index is -0.185. The molecule has 0 amide bonds. The summed E-state index contributed by atoms with van der Waals surface area (Å²) in [6, 6.07) is 4.92. The summed E-state index contributed by atoms with van der Waals surface area (Å²) >= 11 is 15.0. The van der Waals surface area contributed by atoms with E-state index in [0.29, 0.717) is 15.6 Å². The number of ketones is 1. The Balaban J connectivity index is 2.97. The van der Waals surface area contributed by atoms with Gasteiger partial charge in [-0.25, -0.2) is 0 Å². The van der Waals surface area contributed by atoms with Gasteiger partial charge in [-0.1, -0.05) is 53.0 Å². The van der Waals surface area contributed by atoms with Gasteiger partial charge in [-0.2, -0.15) is 0 Å². The van der Waals surface area contributed by atoms with Gasteiger partial charge >= 0.3 is 0 Å². The lowest BCUT2D eigenvalue weighted by Crippen LogP contribution is -2.19. The number of hydrogen-bond donors (Lipinski definition) is 0. The van der Waals surface area contributed by atoms with Gasteiger partial charge in [-0.15, -0.1) is 0 Å². The van der Waals surface area contributed by atoms with Crippen LogP contribution in [0.2, 0.25) is 10.0 Å². The minimum Gasteiger partial charge on any atom is -0.293 e. The van der Waals surface area contributed by atoms with Crippen LogP contribution in [0.5, 0.6) is 0 Å². The first kappa shape index (κ1) is 13.0. The monoisotopic (exact) mass is 308 g/mol. The molecule has 0 saturated heterocycles. The van der Waals surface area contributed by atoms with Crippen molar-refractivity contribution in [3.8, 4) is 0 Å². The first-order chi connectivity index (χ1) is 6.93. The molecular formula is C11H11BrCl2O. The van der Waals surface area contributed by atoms with Crippen molar-refractivity contribution >= 4 is 44.9 Å². The normalized spacial score (nSPS) is 12.9. The molecule has 1 atom stereocenters. The molecule has 0 bridgehead atoms. The molecule has 0 saturated carbocycles. The van der Waals surface area contributed by atoms with Crippen molar-refractivity contribution in [2.24, 2.45) is 5.92 Å². The lowest BCUT2D eigenvalue weighted by molar-refractivity contribution is 0.0978. The van der Waals surface area contributed by atoms with Crippen molar-refractivity contribution in [1.82, 2.24) is 0 Å². The van der Waals surface area contributed by atoms with Crippen molar-refractivity contribution in [3.05, 3.63) is 33.8 Å². The van der Waals surface area contributed by atoms with Crippen molar-refractivity contribution in [2.45, 2.75) is 18.7 Å². The highest BCUT2D eigenvalue weighted by atomic mass is 79.9. The van der Waals surface area contributed by atoms with E-state index in [4.69, 9.17) is 23.2 Å². The van der Waals surface area contributed by atoms with Gasteiger partial charge in [-0.3, -0.25) is 4.79 Å². The van der Waals surface area contributed by atoms with E-state index >= 15 is 0 Å². The Morgan fingerprint density at radius 2 is 1.87 bits per heavy atom. The third-order valence-corrected chi connectivity index (χ3v) is 4.25. The standard InChI is InChI=1S/C11H11BrCl2O/c1-6(2)10(12)11(15)7-3-4-8(13)9(14)5-7/h3-6,10H,1-2H3/t10-/m0/s1. The Morgan fingerprint density at radius 3 is 2.33 bits per heavy atom. The van der Waals surface area contributed by atoms with Crippen LogP contribution >= 0.6 is 39.1 Å². The molecule has 0 heterocycles. The van der Waals surface area contributed by atoms with Crippen molar-refractivity contribution in [2.75, 3.05) is 0 Å². The molecule has 0 aliphatic heterocycles. The molecule has 1 rings (SSSR count). The van der Waals surface area contributed by atoms with Gasteiger partial charge in [0.2, 0.25) is 0 Å². The van der Waals surface area contributed by atoms with Crippen LogP contribution in [0.25, 0.3) is 0 Å². The van der Waals surface area contributed by atoms with Crippen LogP contribution in [0.1, 0.15) is 24.2 Å². The van der Waals surface area contributed by atoms with Gasteiger partial charge < -0.3 is 0 Å². The average Bonchev–Trinajstić information content (AvgIpc) is 2.19. The van der Waals surface area contributed by atoms with E-state index in [1.54, 1.807) is 18.2 Å². The minimum absolute atomic E-state index is 0.0311. The number of carbonyl (C=O) groups excluding carboxylic acids is 1. The summed E-state index contributed by atoms with van der Waals surface area (Å²) in [5.74, 6) is 0.274. The maximum absolute atomic E-state index is 11.9. The molecule has 15 heavy (non-hydrogen) atoms. The van der Waals surface area contributed by atoms with Gasteiger partial charge in [0.05, 0.1) is 14.9 Å². The third-order valence-electron chi connectivity index (χ3n) is 2.04. The van der Waals surface area contributed by atoms with E-state index in [9.17, 15) is 4.79 Å². The molecule has 0 radical (unpaired) electrons. The van der Waals surface area contributed by atoms with Crippen LogP contribution in [0.4, 0.5) is 0 Å². The zero-order valence-corrected chi connectivity index (χ0v) is 11.5.